The summed E-state index contributed by atoms with van der Waals surface area (Å²) in [6.07, 6.45) is 0.947. The van der Waals surface area contributed by atoms with Gasteiger partial charge < -0.3 is 14.8 Å². The van der Waals surface area contributed by atoms with Crippen LogP contribution in [0.4, 0.5) is 11.4 Å². The number of carbonyl (C=O) groups is 1. The Bertz CT molecular complexity index is 1050. The second-order valence-electron chi connectivity index (χ2n) is 6.02. The lowest BCUT2D eigenvalue weighted by atomic mass is 10.2. The molecule has 2 aromatic carbocycles. The maximum Gasteiger partial charge on any atom is 0.324 e. The molecule has 2 aromatic rings. The average molecular weight is 394 g/mol. The van der Waals surface area contributed by atoms with Crippen molar-refractivity contribution in [3.63, 3.8) is 0 Å². The zero-order chi connectivity index (χ0) is 19.8. The van der Waals surface area contributed by atoms with Gasteiger partial charge in [0.15, 0.2) is 5.75 Å². The van der Waals surface area contributed by atoms with Crippen LogP contribution in [0, 0.1) is 0 Å². The highest BCUT2D eigenvalue weighted by Crippen LogP contribution is 2.29. The Morgan fingerprint density at radius 2 is 1.96 bits per heavy atom. The lowest BCUT2D eigenvalue weighted by molar-refractivity contribution is -0.144. The first-order valence-electron chi connectivity index (χ1n) is 8.15. The maximum atomic E-state index is 13.0. The highest BCUT2D eigenvalue weighted by Gasteiger charge is 2.40. The number of ether oxygens (including phenoxy) is 2. The number of esters is 1. The molecule has 0 saturated carbocycles. The molecule has 1 atom stereocenters. The van der Waals surface area contributed by atoms with Gasteiger partial charge in [-0.05, 0) is 31.0 Å². The minimum absolute atomic E-state index is 0.0225. The fraction of sp³-hybridized carbons (Fsp3) is 0.353. The molecule has 0 aliphatic carbocycles. The first-order chi connectivity index (χ1) is 12.8. The Hall–Kier alpha value is -2.72. The molecule has 144 valence electrons. The van der Waals surface area contributed by atoms with Crippen molar-refractivity contribution in [3.8, 4) is 5.75 Å². The molecule has 0 aromatic heterocycles. The van der Waals surface area contributed by atoms with E-state index in [9.17, 15) is 22.8 Å². The number of hydrogen-bond donors (Lipinski definition) is 1. The number of anilines is 2. The molecule has 0 bridgehead atoms. The second-order valence-corrected chi connectivity index (χ2v) is 7.91. The fourth-order valence-corrected chi connectivity index (χ4v) is 4.79. The van der Waals surface area contributed by atoms with Gasteiger partial charge in [0.25, 0.3) is 10.9 Å². The average Bonchev–Trinajstić information content (AvgIpc) is 3.17. The fourth-order valence-electron chi connectivity index (χ4n) is 3.09. The van der Waals surface area contributed by atoms with Gasteiger partial charge in [0.1, 0.15) is 11.7 Å². The van der Waals surface area contributed by atoms with E-state index in [-0.39, 0.29) is 22.9 Å². The third kappa shape index (κ3) is 3.21. The van der Waals surface area contributed by atoms with Crippen molar-refractivity contribution in [2.75, 3.05) is 26.1 Å². The SMILES string of the molecule is COC(=O)[C@@H]1CCCN1S(=O)(=O)c1cccc(Nc2c(OC)c(=O)c2=O)c1. The summed E-state index contributed by atoms with van der Waals surface area (Å²) in [5.74, 6) is -0.697. The zero-order valence-electron chi connectivity index (χ0n) is 14.7. The molecule has 9 nitrogen and oxygen atoms in total. The molecular weight excluding hydrogens is 376 g/mol. The number of rotatable bonds is 6. The van der Waals surface area contributed by atoms with Crippen LogP contribution < -0.4 is 20.9 Å². The van der Waals surface area contributed by atoms with Crippen LogP contribution in [0.2, 0.25) is 0 Å². The minimum Gasteiger partial charge on any atom is -0.491 e. The van der Waals surface area contributed by atoms with Crippen molar-refractivity contribution in [2.45, 2.75) is 23.8 Å². The molecule has 3 rings (SSSR count). The Morgan fingerprint density at radius 3 is 2.63 bits per heavy atom. The summed E-state index contributed by atoms with van der Waals surface area (Å²) in [5, 5.41) is 2.72. The van der Waals surface area contributed by atoms with E-state index in [1.807, 2.05) is 0 Å². The number of nitrogens with zero attached hydrogens (tertiary/aromatic N) is 1. The molecule has 10 heteroatoms. The summed E-state index contributed by atoms with van der Waals surface area (Å²) in [6, 6.07) is 4.92. The largest absolute Gasteiger partial charge is 0.491 e. The summed E-state index contributed by atoms with van der Waals surface area (Å²) < 4.78 is 36.6. The van der Waals surface area contributed by atoms with E-state index in [0.717, 1.165) is 4.31 Å². The summed E-state index contributed by atoms with van der Waals surface area (Å²) in [6.45, 7) is 0.214. The van der Waals surface area contributed by atoms with E-state index >= 15 is 0 Å². The molecule has 0 amide bonds. The van der Waals surface area contributed by atoms with Crippen molar-refractivity contribution < 1.29 is 22.7 Å². The molecular formula is C17H18N2O7S. The lowest BCUT2D eigenvalue weighted by Crippen LogP contribution is -2.41. The number of nitrogens with one attached hydrogen (secondary N) is 1. The highest BCUT2D eigenvalue weighted by atomic mass is 32.2. The summed E-state index contributed by atoms with van der Waals surface area (Å²) in [4.78, 5) is 34.9. The number of sulfonamides is 1. The van der Waals surface area contributed by atoms with Crippen molar-refractivity contribution in [2.24, 2.45) is 0 Å². The van der Waals surface area contributed by atoms with Crippen molar-refractivity contribution in [1.82, 2.24) is 4.31 Å². The molecule has 1 aliphatic rings. The van der Waals surface area contributed by atoms with Crippen LogP contribution in [0.25, 0.3) is 0 Å². The highest BCUT2D eigenvalue weighted by molar-refractivity contribution is 7.89. The van der Waals surface area contributed by atoms with Crippen LogP contribution >= 0.6 is 0 Å². The van der Waals surface area contributed by atoms with E-state index < -0.39 is 32.9 Å². The number of hydrogen-bond acceptors (Lipinski definition) is 8. The molecule has 1 N–H and O–H groups in total. The molecule has 1 fully saturated rings. The zero-order valence-corrected chi connectivity index (χ0v) is 15.5. The predicted molar refractivity (Wildman–Crippen MR) is 96.6 cm³/mol. The van der Waals surface area contributed by atoms with E-state index in [2.05, 4.69) is 5.32 Å². The normalized spacial score (nSPS) is 17.8. The molecule has 0 unspecified atom stereocenters. The maximum absolute atomic E-state index is 13.0. The molecule has 0 spiro atoms. The van der Waals surface area contributed by atoms with Gasteiger partial charge in [-0.1, -0.05) is 6.07 Å². The number of carbonyl (C=O) groups excluding carboxylic acids is 1. The molecule has 0 radical (unpaired) electrons. The van der Waals surface area contributed by atoms with E-state index in [1.165, 1.54) is 32.4 Å². The smallest absolute Gasteiger partial charge is 0.324 e. The van der Waals surface area contributed by atoms with Gasteiger partial charge in [-0.2, -0.15) is 4.31 Å². The molecule has 1 aliphatic heterocycles. The molecule has 1 heterocycles. The van der Waals surface area contributed by atoms with E-state index in [4.69, 9.17) is 9.47 Å². The Morgan fingerprint density at radius 1 is 1.22 bits per heavy atom. The molecule has 1 saturated heterocycles. The summed E-state index contributed by atoms with van der Waals surface area (Å²) >= 11 is 0. The quantitative estimate of drug-likeness (QED) is 0.551. The van der Waals surface area contributed by atoms with Crippen molar-refractivity contribution >= 4 is 27.4 Å². The van der Waals surface area contributed by atoms with Crippen LogP contribution in [0.3, 0.4) is 0 Å². The molecule has 27 heavy (non-hydrogen) atoms. The minimum atomic E-state index is -3.94. The van der Waals surface area contributed by atoms with Gasteiger partial charge in [-0.15, -0.1) is 0 Å². The van der Waals surface area contributed by atoms with Crippen LogP contribution in [0.1, 0.15) is 12.8 Å². The van der Waals surface area contributed by atoms with Gasteiger partial charge in [0, 0.05) is 12.2 Å². The number of benzene rings is 1. The van der Waals surface area contributed by atoms with Crippen LogP contribution in [-0.4, -0.2) is 45.5 Å². The standard InChI is InChI=1S/C17H18N2O7S/c1-25-16-13(14(20)15(16)21)18-10-5-3-6-11(9-10)27(23,24)19-8-4-7-12(19)17(22)26-2/h3,5-6,9,12,18H,4,7-8H2,1-2H3/t12-/m0/s1. The monoisotopic (exact) mass is 394 g/mol. The topological polar surface area (TPSA) is 119 Å². The second kappa shape index (κ2) is 7.12. The Balaban J connectivity index is 1.91. The van der Waals surface area contributed by atoms with Gasteiger partial charge in [-0.25, -0.2) is 8.42 Å². The Kier molecular flexibility index (Phi) is 5.03. The van der Waals surface area contributed by atoms with E-state index in [0.29, 0.717) is 18.5 Å². The first-order valence-corrected chi connectivity index (χ1v) is 9.59. The van der Waals surface area contributed by atoms with Crippen LogP contribution in [-0.2, 0) is 19.6 Å². The van der Waals surface area contributed by atoms with Gasteiger partial charge >= 0.3 is 5.97 Å². The summed E-state index contributed by atoms with van der Waals surface area (Å²) in [5.41, 5.74) is -1.19. The van der Waals surface area contributed by atoms with Gasteiger partial charge in [-0.3, -0.25) is 14.4 Å². The first kappa shape index (κ1) is 19.1. The van der Waals surface area contributed by atoms with Crippen molar-refractivity contribution in [1.29, 1.82) is 0 Å². The Labute approximate surface area is 155 Å². The third-order valence-electron chi connectivity index (χ3n) is 4.46. The van der Waals surface area contributed by atoms with Gasteiger partial charge in [0.05, 0.1) is 19.1 Å². The predicted octanol–water partition coefficient (Wildman–Crippen LogP) is 0.361. The number of methoxy groups -OCH3 is 2. The summed E-state index contributed by atoms with van der Waals surface area (Å²) in [7, 11) is -1.46. The lowest BCUT2D eigenvalue weighted by Gasteiger charge is -2.22. The van der Waals surface area contributed by atoms with E-state index in [1.54, 1.807) is 6.07 Å². The van der Waals surface area contributed by atoms with Crippen LogP contribution in [0.15, 0.2) is 38.8 Å². The van der Waals surface area contributed by atoms with Crippen LogP contribution in [0.5, 0.6) is 5.75 Å². The van der Waals surface area contributed by atoms with Gasteiger partial charge in [0.2, 0.25) is 10.0 Å². The third-order valence-corrected chi connectivity index (χ3v) is 6.36. The van der Waals surface area contributed by atoms with Crippen molar-refractivity contribution in [3.05, 3.63) is 44.7 Å².